The van der Waals surface area contributed by atoms with Crippen LogP contribution in [0.4, 0.5) is 0 Å². The van der Waals surface area contributed by atoms with Crippen molar-refractivity contribution in [3.05, 3.63) is 82.9 Å². The summed E-state index contributed by atoms with van der Waals surface area (Å²) in [6.07, 6.45) is 4.83. The first-order valence-electron chi connectivity index (χ1n) is 12.5. The lowest BCUT2D eigenvalue weighted by atomic mass is 10.0. The monoisotopic (exact) mass is 546 g/mol. The molecule has 0 atom stereocenters. The van der Waals surface area contributed by atoms with Gasteiger partial charge in [-0.05, 0) is 65.6 Å². The highest BCUT2D eigenvalue weighted by molar-refractivity contribution is 6.24. The number of methoxy groups -OCH3 is 4. The van der Waals surface area contributed by atoms with Crippen molar-refractivity contribution in [2.24, 2.45) is 0 Å². The highest BCUT2D eigenvalue weighted by atomic mass is 16.5. The van der Waals surface area contributed by atoms with Crippen LogP contribution in [-0.4, -0.2) is 58.4 Å². The van der Waals surface area contributed by atoms with Crippen molar-refractivity contribution in [1.82, 2.24) is 10.6 Å². The predicted octanol–water partition coefficient (Wildman–Crippen LogP) is 4.22. The van der Waals surface area contributed by atoms with Crippen LogP contribution in [0.1, 0.15) is 22.3 Å². The number of aryl methyl sites for hydroxylation is 1. The van der Waals surface area contributed by atoms with E-state index < -0.39 is 5.91 Å². The number of aromatic hydroxyl groups is 1. The third-order valence-corrected chi connectivity index (χ3v) is 6.05. The number of carbonyl (C=O) groups excluding carboxylic acids is 2. The van der Waals surface area contributed by atoms with Crippen molar-refractivity contribution in [3.8, 4) is 28.7 Å². The molecule has 3 rings (SSSR count). The third-order valence-electron chi connectivity index (χ3n) is 6.05. The van der Waals surface area contributed by atoms with Crippen molar-refractivity contribution < 1.29 is 33.6 Å². The van der Waals surface area contributed by atoms with Gasteiger partial charge in [0, 0.05) is 24.7 Å². The van der Waals surface area contributed by atoms with E-state index in [1.807, 2.05) is 31.2 Å². The zero-order valence-electron chi connectivity index (χ0n) is 23.2. The van der Waals surface area contributed by atoms with Crippen molar-refractivity contribution in [1.29, 1.82) is 0 Å². The SMILES string of the molecule is COc1ccc(C=C(C(=O)NCCNC(=O)C=Cc2ccccc2C)c2cc(OC)c(OC)c(OC)c2)cc1O. The molecule has 0 aliphatic heterocycles. The molecule has 0 aliphatic carbocycles. The molecule has 0 aromatic heterocycles. The number of carbonyl (C=O) groups is 2. The summed E-state index contributed by atoms with van der Waals surface area (Å²) in [7, 11) is 5.93. The quantitative estimate of drug-likeness (QED) is 0.177. The number of benzene rings is 3. The van der Waals surface area contributed by atoms with Crippen molar-refractivity contribution in [2.45, 2.75) is 6.92 Å². The minimum atomic E-state index is -0.408. The van der Waals surface area contributed by atoms with E-state index in [4.69, 9.17) is 18.9 Å². The van der Waals surface area contributed by atoms with Gasteiger partial charge in [-0.1, -0.05) is 30.3 Å². The number of phenolic OH excluding ortho intramolecular Hbond substituents is 1. The van der Waals surface area contributed by atoms with E-state index in [1.165, 1.54) is 40.6 Å². The van der Waals surface area contributed by atoms with Crippen LogP contribution in [0.25, 0.3) is 17.7 Å². The van der Waals surface area contributed by atoms with Crippen molar-refractivity contribution >= 4 is 29.5 Å². The van der Waals surface area contributed by atoms with E-state index in [1.54, 1.807) is 36.4 Å². The van der Waals surface area contributed by atoms with Gasteiger partial charge in [-0.2, -0.15) is 0 Å². The molecule has 9 heteroatoms. The Labute approximate surface area is 234 Å². The standard InChI is InChI=1S/C31H34N2O7/c1-20-8-6-7-9-22(20)11-13-29(35)32-14-15-33-31(36)24(16-21-10-12-26(37-2)25(34)17-21)23-18-27(38-3)30(40-5)28(19-23)39-4/h6-13,16-19,34H,14-15H2,1-5H3,(H,32,35)(H,33,36). The van der Waals surface area contributed by atoms with Crippen LogP contribution >= 0.6 is 0 Å². The van der Waals surface area contributed by atoms with Gasteiger partial charge in [0.05, 0.1) is 28.4 Å². The average molecular weight is 547 g/mol. The zero-order valence-corrected chi connectivity index (χ0v) is 23.2. The van der Waals surface area contributed by atoms with Crippen molar-refractivity contribution in [2.75, 3.05) is 41.5 Å². The normalized spacial score (nSPS) is 11.2. The Morgan fingerprint density at radius 1 is 0.825 bits per heavy atom. The van der Waals surface area contributed by atoms with Crippen LogP contribution in [-0.2, 0) is 9.59 Å². The summed E-state index contributed by atoms with van der Waals surface area (Å²) in [4.78, 5) is 25.7. The van der Waals surface area contributed by atoms with Gasteiger partial charge in [-0.25, -0.2) is 0 Å². The van der Waals surface area contributed by atoms with Gasteiger partial charge < -0.3 is 34.7 Å². The first-order valence-corrected chi connectivity index (χ1v) is 12.5. The molecule has 0 unspecified atom stereocenters. The van der Waals surface area contributed by atoms with E-state index in [-0.39, 0.29) is 30.3 Å². The lowest BCUT2D eigenvalue weighted by Crippen LogP contribution is -2.34. The zero-order chi connectivity index (χ0) is 29.1. The lowest BCUT2D eigenvalue weighted by Gasteiger charge is -2.16. The minimum absolute atomic E-state index is 0.0673. The summed E-state index contributed by atoms with van der Waals surface area (Å²) in [5.41, 5.74) is 3.35. The highest BCUT2D eigenvalue weighted by Crippen LogP contribution is 2.40. The summed E-state index contributed by atoms with van der Waals surface area (Å²) in [5.74, 6) is 0.699. The fraction of sp³-hybridized carbons (Fsp3) is 0.226. The molecule has 0 radical (unpaired) electrons. The number of phenols is 1. The first-order chi connectivity index (χ1) is 19.3. The molecule has 2 amide bonds. The van der Waals surface area contributed by atoms with Crippen LogP contribution in [0.2, 0.25) is 0 Å². The maximum absolute atomic E-state index is 13.4. The average Bonchev–Trinajstić information content (AvgIpc) is 2.96. The molecular weight excluding hydrogens is 512 g/mol. The van der Waals surface area contributed by atoms with Gasteiger partial charge in [0.2, 0.25) is 11.7 Å². The largest absolute Gasteiger partial charge is 0.504 e. The Morgan fingerprint density at radius 2 is 1.48 bits per heavy atom. The first kappa shape index (κ1) is 29.6. The van der Waals surface area contributed by atoms with Gasteiger partial charge in [0.1, 0.15) is 0 Å². The number of ether oxygens (including phenoxy) is 4. The Morgan fingerprint density at radius 3 is 2.08 bits per heavy atom. The van der Waals surface area contributed by atoms with E-state index in [2.05, 4.69) is 10.6 Å². The molecule has 40 heavy (non-hydrogen) atoms. The number of rotatable bonds is 12. The second kappa shape index (κ2) is 14.3. The summed E-state index contributed by atoms with van der Waals surface area (Å²) in [6, 6.07) is 15.9. The molecule has 0 bridgehead atoms. The van der Waals surface area contributed by atoms with Gasteiger partial charge in [0.25, 0.3) is 5.91 Å². The fourth-order valence-electron chi connectivity index (χ4n) is 3.94. The third kappa shape index (κ3) is 7.57. The molecule has 0 spiro atoms. The lowest BCUT2D eigenvalue weighted by molar-refractivity contribution is -0.117. The number of hydrogen-bond donors (Lipinski definition) is 3. The molecule has 0 fully saturated rings. The number of nitrogens with one attached hydrogen (secondary N) is 2. The molecule has 210 valence electrons. The van der Waals surface area contributed by atoms with Gasteiger partial charge in [-0.15, -0.1) is 0 Å². The summed E-state index contributed by atoms with van der Waals surface area (Å²) >= 11 is 0. The molecule has 3 N–H and O–H groups in total. The summed E-state index contributed by atoms with van der Waals surface area (Å²) < 4.78 is 21.4. The predicted molar refractivity (Wildman–Crippen MR) is 155 cm³/mol. The Bertz CT molecular complexity index is 1390. The Balaban J connectivity index is 1.80. The molecule has 0 saturated carbocycles. The van der Waals surface area contributed by atoms with E-state index in [9.17, 15) is 14.7 Å². The number of amides is 2. The smallest absolute Gasteiger partial charge is 0.251 e. The van der Waals surface area contributed by atoms with E-state index in [0.29, 0.717) is 34.1 Å². The minimum Gasteiger partial charge on any atom is -0.504 e. The van der Waals surface area contributed by atoms with Crippen LogP contribution in [0, 0.1) is 6.92 Å². The molecule has 0 aliphatic rings. The Hall–Kier alpha value is -4.92. The highest BCUT2D eigenvalue weighted by Gasteiger charge is 2.19. The molecule has 9 nitrogen and oxygen atoms in total. The van der Waals surface area contributed by atoms with Crippen LogP contribution in [0.3, 0.4) is 0 Å². The van der Waals surface area contributed by atoms with Gasteiger partial charge in [-0.3, -0.25) is 9.59 Å². The van der Waals surface area contributed by atoms with E-state index in [0.717, 1.165) is 11.1 Å². The van der Waals surface area contributed by atoms with Crippen LogP contribution in [0.5, 0.6) is 28.7 Å². The maximum Gasteiger partial charge on any atom is 0.251 e. The van der Waals surface area contributed by atoms with Gasteiger partial charge >= 0.3 is 0 Å². The van der Waals surface area contributed by atoms with E-state index >= 15 is 0 Å². The van der Waals surface area contributed by atoms with Crippen LogP contribution in [0.15, 0.2) is 60.7 Å². The summed E-state index contributed by atoms with van der Waals surface area (Å²) in [6.45, 7) is 2.37. The van der Waals surface area contributed by atoms with Crippen LogP contribution < -0.4 is 29.6 Å². The summed E-state index contributed by atoms with van der Waals surface area (Å²) in [5, 5.41) is 15.8. The second-order valence-electron chi connectivity index (χ2n) is 8.64. The second-order valence-corrected chi connectivity index (χ2v) is 8.64. The maximum atomic E-state index is 13.4. The molecular formula is C31H34N2O7. The molecule has 0 saturated heterocycles. The molecule has 3 aromatic rings. The Kier molecular flexibility index (Phi) is 10.6. The van der Waals surface area contributed by atoms with Gasteiger partial charge in [0.15, 0.2) is 23.0 Å². The molecule has 3 aromatic carbocycles. The topological polar surface area (TPSA) is 115 Å². The number of hydrogen-bond acceptors (Lipinski definition) is 7. The fourth-order valence-corrected chi connectivity index (χ4v) is 3.94. The van der Waals surface area contributed by atoms with Crippen molar-refractivity contribution in [3.63, 3.8) is 0 Å². The molecule has 0 heterocycles.